The van der Waals surface area contributed by atoms with Gasteiger partial charge in [-0.1, -0.05) is 0 Å². The standard InChI is InChI=1S/C15H26N6/c1-11-15(12(2)20(3)19-11)8-6-13(18-16)5-7-14-9-10-17-21(14)4/h9-10,13,18H,5-8,16H2,1-4H3. The first-order valence-electron chi connectivity index (χ1n) is 7.45. The highest BCUT2D eigenvalue weighted by atomic mass is 15.3. The van der Waals surface area contributed by atoms with E-state index in [0.29, 0.717) is 6.04 Å². The van der Waals surface area contributed by atoms with E-state index in [-0.39, 0.29) is 0 Å². The van der Waals surface area contributed by atoms with Crippen molar-refractivity contribution in [1.29, 1.82) is 0 Å². The molecule has 0 saturated heterocycles. The first-order valence-corrected chi connectivity index (χ1v) is 7.45. The lowest BCUT2D eigenvalue weighted by atomic mass is 10.0. The summed E-state index contributed by atoms with van der Waals surface area (Å²) in [5.74, 6) is 5.70. The highest BCUT2D eigenvalue weighted by Crippen LogP contribution is 2.16. The van der Waals surface area contributed by atoms with E-state index in [1.54, 1.807) is 0 Å². The lowest BCUT2D eigenvalue weighted by Gasteiger charge is -2.16. The zero-order chi connectivity index (χ0) is 15.4. The van der Waals surface area contributed by atoms with Crippen LogP contribution in [0.5, 0.6) is 0 Å². The second kappa shape index (κ2) is 6.87. The molecule has 0 radical (unpaired) electrons. The Balaban J connectivity index is 1.89. The maximum Gasteiger partial charge on any atom is 0.0628 e. The normalized spacial score (nSPS) is 12.8. The predicted molar refractivity (Wildman–Crippen MR) is 83.6 cm³/mol. The van der Waals surface area contributed by atoms with Crippen molar-refractivity contribution < 1.29 is 0 Å². The van der Waals surface area contributed by atoms with Crippen LogP contribution in [-0.2, 0) is 26.9 Å². The van der Waals surface area contributed by atoms with Gasteiger partial charge in [0.25, 0.3) is 0 Å². The van der Waals surface area contributed by atoms with Crippen LogP contribution in [0.15, 0.2) is 12.3 Å². The van der Waals surface area contributed by atoms with Crippen molar-refractivity contribution in [2.75, 3.05) is 0 Å². The zero-order valence-corrected chi connectivity index (χ0v) is 13.4. The Labute approximate surface area is 126 Å². The van der Waals surface area contributed by atoms with E-state index < -0.39 is 0 Å². The van der Waals surface area contributed by atoms with Gasteiger partial charge in [0.15, 0.2) is 0 Å². The number of rotatable bonds is 7. The zero-order valence-electron chi connectivity index (χ0n) is 13.4. The van der Waals surface area contributed by atoms with Crippen molar-refractivity contribution in [3.05, 3.63) is 34.9 Å². The Morgan fingerprint density at radius 2 is 1.90 bits per heavy atom. The van der Waals surface area contributed by atoms with Crippen molar-refractivity contribution in [3.8, 4) is 0 Å². The maximum absolute atomic E-state index is 5.70. The smallest absolute Gasteiger partial charge is 0.0628 e. The fraction of sp³-hybridized carbons (Fsp3) is 0.600. The predicted octanol–water partition coefficient (Wildman–Crippen LogP) is 1.17. The largest absolute Gasteiger partial charge is 0.273 e. The third kappa shape index (κ3) is 3.71. The van der Waals surface area contributed by atoms with E-state index in [1.165, 1.54) is 17.0 Å². The molecule has 0 aliphatic heterocycles. The van der Waals surface area contributed by atoms with Crippen LogP contribution in [0.2, 0.25) is 0 Å². The van der Waals surface area contributed by atoms with Crippen molar-refractivity contribution in [2.24, 2.45) is 19.9 Å². The van der Waals surface area contributed by atoms with Crippen LogP contribution in [0, 0.1) is 13.8 Å². The van der Waals surface area contributed by atoms with Gasteiger partial charge in [-0.05, 0) is 51.2 Å². The first-order chi connectivity index (χ1) is 10.0. The molecule has 1 atom stereocenters. The highest BCUT2D eigenvalue weighted by Gasteiger charge is 2.13. The highest BCUT2D eigenvalue weighted by molar-refractivity contribution is 5.24. The summed E-state index contributed by atoms with van der Waals surface area (Å²) in [6, 6.07) is 2.36. The van der Waals surface area contributed by atoms with Crippen LogP contribution in [0.1, 0.15) is 35.5 Å². The summed E-state index contributed by atoms with van der Waals surface area (Å²) < 4.78 is 3.87. The molecule has 2 heterocycles. The first kappa shape index (κ1) is 15.7. The Hall–Kier alpha value is -1.66. The van der Waals surface area contributed by atoms with Crippen LogP contribution >= 0.6 is 0 Å². The molecular weight excluding hydrogens is 264 g/mol. The maximum atomic E-state index is 5.70. The number of hydrogen-bond donors (Lipinski definition) is 2. The summed E-state index contributed by atoms with van der Waals surface area (Å²) in [4.78, 5) is 0. The molecule has 0 aromatic carbocycles. The minimum atomic E-state index is 0.305. The Bertz CT molecular complexity index is 583. The molecule has 116 valence electrons. The van der Waals surface area contributed by atoms with Gasteiger partial charge in [0.05, 0.1) is 5.69 Å². The minimum absolute atomic E-state index is 0.305. The summed E-state index contributed by atoms with van der Waals surface area (Å²) in [6.07, 6.45) is 5.85. The van der Waals surface area contributed by atoms with E-state index in [4.69, 9.17) is 5.84 Å². The third-order valence-electron chi connectivity index (χ3n) is 4.31. The van der Waals surface area contributed by atoms with Crippen LogP contribution in [0.3, 0.4) is 0 Å². The van der Waals surface area contributed by atoms with Crippen molar-refractivity contribution in [3.63, 3.8) is 0 Å². The number of nitrogens with zero attached hydrogens (tertiary/aromatic N) is 4. The average Bonchev–Trinajstić information content (AvgIpc) is 2.96. The van der Waals surface area contributed by atoms with Gasteiger partial charge in [0.2, 0.25) is 0 Å². The molecule has 6 heteroatoms. The topological polar surface area (TPSA) is 73.7 Å². The van der Waals surface area contributed by atoms with Crippen molar-refractivity contribution in [1.82, 2.24) is 25.0 Å². The van der Waals surface area contributed by atoms with Gasteiger partial charge in [0.1, 0.15) is 0 Å². The van der Waals surface area contributed by atoms with E-state index in [2.05, 4.69) is 35.5 Å². The molecule has 2 aromatic rings. The summed E-state index contributed by atoms with van der Waals surface area (Å²) in [5, 5.41) is 8.66. The van der Waals surface area contributed by atoms with Gasteiger partial charge < -0.3 is 0 Å². The van der Waals surface area contributed by atoms with Crippen LogP contribution in [0.25, 0.3) is 0 Å². The number of aryl methyl sites for hydroxylation is 4. The fourth-order valence-electron chi connectivity index (χ4n) is 2.78. The molecule has 0 aliphatic rings. The SMILES string of the molecule is Cc1nn(C)c(C)c1CCC(CCc1ccnn1C)NN. The minimum Gasteiger partial charge on any atom is -0.273 e. The van der Waals surface area contributed by atoms with Gasteiger partial charge in [0, 0.05) is 37.7 Å². The van der Waals surface area contributed by atoms with Gasteiger partial charge in [-0.3, -0.25) is 20.6 Å². The summed E-state index contributed by atoms with van der Waals surface area (Å²) >= 11 is 0. The Kier molecular flexibility index (Phi) is 5.14. The monoisotopic (exact) mass is 290 g/mol. The lowest BCUT2D eigenvalue weighted by Crippen LogP contribution is -2.36. The van der Waals surface area contributed by atoms with Crippen LogP contribution in [-0.4, -0.2) is 25.6 Å². The summed E-state index contributed by atoms with van der Waals surface area (Å²) in [6.45, 7) is 4.19. The molecule has 0 amide bonds. The molecule has 6 nitrogen and oxygen atoms in total. The third-order valence-corrected chi connectivity index (χ3v) is 4.31. The van der Waals surface area contributed by atoms with E-state index >= 15 is 0 Å². The molecular formula is C15H26N6. The number of hydrogen-bond acceptors (Lipinski definition) is 4. The lowest BCUT2D eigenvalue weighted by molar-refractivity contribution is 0.457. The second-order valence-corrected chi connectivity index (χ2v) is 5.66. The molecule has 2 rings (SSSR count). The van der Waals surface area contributed by atoms with E-state index in [9.17, 15) is 0 Å². The van der Waals surface area contributed by atoms with Crippen LogP contribution in [0.4, 0.5) is 0 Å². The van der Waals surface area contributed by atoms with Gasteiger partial charge in [-0.15, -0.1) is 0 Å². The van der Waals surface area contributed by atoms with Crippen LogP contribution < -0.4 is 11.3 Å². The molecule has 2 aromatic heterocycles. The molecule has 21 heavy (non-hydrogen) atoms. The molecule has 3 N–H and O–H groups in total. The van der Waals surface area contributed by atoms with Crippen molar-refractivity contribution in [2.45, 2.75) is 45.6 Å². The number of nitrogens with two attached hydrogens (primary N) is 1. The Morgan fingerprint density at radius 3 is 2.43 bits per heavy atom. The number of nitrogens with one attached hydrogen (secondary N) is 1. The molecule has 1 unspecified atom stereocenters. The average molecular weight is 290 g/mol. The molecule has 0 fully saturated rings. The summed E-state index contributed by atoms with van der Waals surface area (Å²) in [7, 11) is 3.97. The molecule has 0 spiro atoms. The Morgan fingerprint density at radius 1 is 1.19 bits per heavy atom. The summed E-state index contributed by atoms with van der Waals surface area (Å²) in [5.41, 5.74) is 7.90. The van der Waals surface area contributed by atoms with Gasteiger partial charge in [-0.25, -0.2) is 0 Å². The van der Waals surface area contributed by atoms with E-state index in [0.717, 1.165) is 31.4 Å². The second-order valence-electron chi connectivity index (χ2n) is 5.66. The quantitative estimate of drug-likeness (QED) is 0.593. The molecule has 0 bridgehead atoms. The van der Waals surface area contributed by atoms with Crippen molar-refractivity contribution >= 4 is 0 Å². The fourth-order valence-corrected chi connectivity index (χ4v) is 2.78. The number of aromatic nitrogens is 4. The number of hydrazine groups is 1. The van der Waals surface area contributed by atoms with E-state index in [1.807, 2.05) is 29.7 Å². The molecule has 0 aliphatic carbocycles. The van der Waals surface area contributed by atoms with Gasteiger partial charge in [-0.2, -0.15) is 10.2 Å². The van der Waals surface area contributed by atoms with Gasteiger partial charge >= 0.3 is 0 Å². The molecule has 0 saturated carbocycles.